The number of hydrogen-bond donors (Lipinski definition) is 0. The third kappa shape index (κ3) is 9.94. The first-order valence-corrected chi connectivity index (χ1v) is 14.1. The first-order valence-electron chi connectivity index (χ1n) is 14.1. The second-order valence-electron chi connectivity index (χ2n) is 10.2. The Bertz CT molecular complexity index is 1450. The zero-order chi connectivity index (χ0) is 31.3. The number of ether oxygens (including phenoxy) is 6. The predicted octanol–water partition coefficient (Wildman–Crippen LogP) is 6.73. The molecular formula is C36H36O8. The van der Waals surface area contributed by atoms with Crippen molar-refractivity contribution < 1.29 is 38.0 Å². The molecule has 0 aromatic heterocycles. The van der Waals surface area contributed by atoms with E-state index in [1.165, 1.54) is 0 Å². The summed E-state index contributed by atoms with van der Waals surface area (Å²) in [5.41, 5.74) is 0.588. The lowest BCUT2D eigenvalue weighted by atomic mass is 10.1. The van der Waals surface area contributed by atoms with Crippen LogP contribution in [0, 0.1) is 0 Å². The van der Waals surface area contributed by atoms with E-state index in [2.05, 4.69) is 13.2 Å². The van der Waals surface area contributed by atoms with E-state index in [1.807, 2.05) is 97.1 Å². The van der Waals surface area contributed by atoms with Crippen molar-refractivity contribution in [2.24, 2.45) is 0 Å². The maximum Gasteiger partial charge on any atom is 0.333 e. The van der Waals surface area contributed by atoms with Gasteiger partial charge in [0.25, 0.3) is 0 Å². The van der Waals surface area contributed by atoms with Gasteiger partial charge < -0.3 is 28.4 Å². The standard InChI is InChI=1S/C36H36O8/c1-25(2)35(37)43-33(21-39-29-11-7-5-8-12-29)23-41-31-17-15-28-20-32(18-16-27(28)19-31)42-24-34(44-36(38)26(3)4)22-40-30-13-9-6-10-14-30/h5-20,33-34H,1,3,21-24H2,2,4H3. The summed E-state index contributed by atoms with van der Waals surface area (Å²) in [4.78, 5) is 24.4. The molecule has 0 aliphatic heterocycles. The topological polar surface area (TPSA) is 89.5 Å². The molecule has 8 heteroatoms. The largest absolute Gasteiger partial charge is 0.490 e. The quantitative estimate of drug-likeness (QED) is 0.104. The summed E-state index contributed by atoms with van der Waals surface area (Å²) in [5.74, 6) is 1.52. The second kappa shape index (κ2) is 15.8. The minimum absolute atomic E-state index is 0.0912. The molecule has 0 amide bonds. The Balaban J connectivity index is 1.37. The van der Waals surface area contributed by atoms with Crippen LogP contribution in [0.3, 0.4) is 0 Å². The number of hydrogen-bond acceptors (Lipinski definition) is 8. The van der Waals surface area contributed by atoms with E-state index >= 15 is 0 Å². The highest BCUT2D eigenvalue weighted by atomic mass is 16.6. The maximum absolute atomic E-state index is 12.2. The average molecular weight is 597 g/mol. The van der Waals surface area contributed by atoms with Crippen LogP contribution in [0.1, 0.15) is 13.8 Å². The van der Waals surface area contributed by atoms with Gasteiger partial charge in [-0.2, -0.15) is 0 Å². The fourth-order valence-corrected chi connectivity index (χ4v) is 3.91. The lowest BCUT2D eigenvalue weighted by Crippen LogP contribution is -2.31. The summed E-state index contributed by atoms with van der Waals surface area (Å²) in [6.45, 7) is 10.9. The molecule has 228 valence electrons. The fourth-order valence-electron chi connectivity index (χ4n) is 3.91. The highest BCUT2D eigenvalue weighted by molar-refractivity contribution is 5.87. The van der Waals surface area contributed by atoms with Gasteiger partial charge in [-0.05, 0) is 73.2 Å². The van der Waals surface area contributed by atoms with Gasteiger partial charge >= 0.3 is 11.9 Å². The van der Waals surface area contributed by atoms with Crippen molar-refractivity contribution in [2.75, 3.05) is 26.4 Å². The van der Waals surface area contributed by atoms with Crippen molar-refractivity contribution in [1.29, 1.82) is 0 Å². The van der Waals surface area contributed by atoms with Gasteiger partial charge in [-0.1, -0.05) is 61.7 Å². The van der Waals surface area contributed by atoms with Crippen LogP contribution < -0.4 is 18.9 Å². The van der Waals surface area contributed by atoms with Crippen LogP contribution in [0.2, 0.25) is 0 Å². The highest BCUT2D eigenvalue weighted by Crippen LogP contribution is 2.26. The van der Waals surface area contributed by atoms with Crippen LogP contribution >= 0.6 is 0 Å². The fraction of sp³-hybridized carbons (Fsp3) is 0.222. The predicted molar refractivity (Wildman–Crippen MR) is 168 cm³/mol. The molecule has 4 rings (SSSR count). The van der Waals surface area contributed by atoms with Crippen molar-refractivity contribution in [3.05, 3.63) is 121 Å². The molecule has 0 spiro atoms. The number of fused-ring (bicyclic) bond motifs is 1. The minimum Gasteiger partial charge on any atom is -0.490 e. The SMILES string of the molecule is C=C(C)C(=O)OC(COc1ccccc1)COc1ccc2cc(OCC(COc3ccccc3)OC(=O)C(=C)C)ccc2c1. The Hall–Kier alpha value is -5.24. The summed E-state index contributed by atoms with van der Waals surface area (Å²) in [6.07, 6.45) is -1.30. The monoisotopic (exact) mass is 596 g/mol. The summed E-state index contributed by atoms with van der Waals surface area (Å²) in [6, 6.07) is 29.8. The zero-order valence-corrected chi connectivity index (χ0v) is 24.9. The van der Waals surface area contributed by atoms with Crippen LogP contribution in [0.15, 0.2) is 121 Å². The van der Waals surface area contributed by atoms with Crippen LogP contribution in [-0.4, -0.2) is 50.6 Å². The van der Waals surface area contributed by atoms with Gasteiger partial charge in [0.05, 0.1) is 0 Å². The van der Waals surface area contributed by atoms with Gasteiger partial charge in [-0.3, -0.25) is 0 Å². The molecule has 0 aliphatic rings. The normalized spacial score (nSPS) is 12.0. The van der Waals surface area contributed by atoms with E-state index in [4.69, 9.17) is 28.4 Å². The second-order valence-corrected chi connectivity index (χ2v) is 10.2. The molecule has 0 saturated carbocycles. The molecule has 2 atom stereocenters. The van der Waals surface area contributed by atoms with Crippen molar-refractivity contribution in [2.45, 2.75) is 26.1 Å². The van der Waals surface area contributed by atoms with Crippen molar-refractivity contribution in [1.82, 2.24) is 0 Å². The number of carbonyl (C=O) groups excluding carboxylic acids is 2. The van der Waals surface area contributed by atoms with Gasteiger partial charge in [0, 0.05) is 11.1 Å². The van der Waals surface area contributed by atoms with Crippen LogP contribution in [0.25, 0.3) is 10.8 Å². The molecule has 44 heavy (non-hydrogen) atoms. The molecule has 0 saturated heterocycles. The first-order chi connectivity index (χ1) is 21.3. The van der Waals surface area contributed by atoms with Gasteiger partial charge in [0.15, 0.2) is 12.2 Å². The zero-order valence-electron chi connectivity index (χ0n) is 24.9. The molecule has 0 fully saturated rings. The first kappa shape index (κ1) is 31.7. The minimum atomic E-state index is -0.649. The van der Waals surface area contributed by atoms with Crippen molar-refractivity contribution in [3.8, 4) is 23.0 Å². The summed E-state index contributed by atoms with van der Waals surface area (Å²) < 4.78 is 34.6. The Kier molecular flexibility index (Phi) is 11.4. The third-order valence-electron chi connectivity index (χ3n) is 6.26. The highest BCUT2D eigenvalue weighted by Gasteiger charge is 2.19. The van der Waals surface area contributed by atoms with Gasteiger partial charge in [0.1, 0.15) is 49.4 Å². The molecule has 0 aliphatic carbocycles. The van der Waals surface area contributed by atoms with Crippen LogP contribution in [0.5, 0.6) is 23.0 Å². The van der Waals surface area contributed by atoms with Gasteiger partial charge in [-0.15, -0.1) is 0 Å². The molecule has 8 nitrogen and oxygen atoms in total. The summed E-state index contributed by atoms with van der Waals surface area (Å²) in [7, 11) is 0. The maximum atomic E-state index is 12.2. The number of para-hydroxylation sites is 2. The smallest absolute Gasteiger partial charge is 0.333 e. The number of esters is 2. The Labute approximate surface area is 257 Å². The van der Waals surface area contributed by atoms with E-state index in [9.17, 15) is 9.59 Å². The van der Waals surface area contributed by atoms with E-state index < -0.39 is 24.1 Å². The number of rotatable bonds is 16. The molecular weight excluding hydrogens is 560 g/mol. The Morgan fingerprint density at radius 1 is 0.523 bits per heavy atom. The Morgan fingerprint density at radius 3 is 1.20 bits per heavy atom. The number of benzene rings is 4. The van der Waals surface area contributed by atoms with Crippen molar-refractivity contribution in [3.63, 3.8) is 0 Å². The molecule has 0 bridgehead atoms. The summed E-state index contributed by atoms with van der Waals surface area (Å²) in [5, 5.41) is 1.84. The van der Waals surface area contributed by atoms with Crippen LogP contribution in [0.4, 0.5) is 0 Å². The third-order valence-corrected chi connectivity index (χ3v) is 6.26. The number of carbonyl (C=O) groups is 2. The average Bonchev–Trinajstić information content (AvgIpc) is 3.04. The molecule has 0 N–H and O–H groups in total. The van der Waals surface area contributed by atoms with E-state index in [-0.39, 0.29) is 26.4 Å². The van der Waals surface area contributed by atoms with E-state index in [0.29, 0.717) is 34.1 Å². The van der Waals surface area contributed by atoms with E-state index in [0.717, 1.165) is 10.8 Å². The lowest BCUT2D eigenvalue weighted by Gasteiger charge is -2.20. The van der Waals surface area contributed by atoms with E-state index in [1.54, 1.807) is 13.8 Å². The Morgan fingerprint density at radius 2 is 0.864 bits per heavy atom. The lowest BCUT2D eigenvalue weighted by molar-refractivity contribution is -0.148. The van der Waals surface area contributed by atoms with Gasteiger partial charge in [0.2, 0.25) is 0 Å². The molecule has 0 radical (unpaired) electrons. The molecule has 4 aromatic rings. The van der Waals surface area contributed by atoms with Gasteiger partial charge in [-0.25, -0.2) is 9.59 Å². The molecule has 4 aromatic carbocycles. The molecule has 0 heterocycles. The summed E-state index contributed by atoms with van der Waals surface area (Å²) >= 11 is 0. The van der Waals surface area contributed by atoms with Crippen LogP contribution in [-0.2, 0) is 19.1 Å². The molecule has 2 unspecified atom stereocenters. The van der Waals surface area contributed by atoms with Crippen molar-refractivity contribution >= 4 is 22.7 Å².